The normalized spacial score (nSPS) is 22.3. The highest BCUT2D eigenvalue weighted by molar-refractivity contribution is 5.85. The Kier molecular flexibility index (Phi) is 11.7. The summed E-state index contributed by atoms with van der Waals surface area (Å²) in [6.45, 7) is 7.58. The van der Waals surface area contributed by atoms with E-state index in [1.165, 1.54) is 12.8 Å². The SMILES string of the molecule is CN1CCN(C(=O)CC2CCN(C(=O)CCC3CCNCC3)CC2)CC1.Cl.Cl. The molecule has 3 fully saturated rings. The molecule has 0 aromatic heterocycles. The van der Waals surface area contributed by atoms with E-state index < -0.39 is 0 Å². The van der Waals surface area contributed by atoms with E-state index >= 15 is 0 Å². The average Bonchev–Trinajstić information content (AvgIpc) is 2.68. The number of likely N-dealkylation sites (tertiary alicyclic amines) is 1. The van der Waals surface area contributed by atoms with E-state index in [4.69, 9.17) is 0 Å². The van der Waals surface area contributed by atoms with Crippen LogP contribution >= 0.6 is 24.8 Å². The zero-order chi connectivity index (χ0) is 18.4. The minimum absolute atomic E-state index is 0. The van der Waals surface area contributed by atoms with Crippen LogP contribution in [0.15, 0.2) is 0 Å². The summed E-state index contributed by atoms with van der Waals surface area (Å²) in [4.78, 5) is 31.3. The number of carbonyl (C=O) groups excluding carboxylic acids is 2. The molecule has 0 radical (unpaired) electrons. The maximum atomic E-state index is 12.5. The van der Waals surface area contributed by atoms with Gasteiger partial charge in [-0.05, 0) is 64.1 Å². The van der Waals surface area contributed by atoms with E-state index in [1.54, 1.807) is 0 Å². The second kappa shape index (κ2) is 12.9. The first kappa shape index (κ1) is 25.5. The molecule has 28 heavy (non-hydrogen) atoms. The van der Waals surface area contributed by atoms with Crippen LogP contribution in [0.5, 0.6) is 0 Å². The molecule has 0 bridgehead atoms. The first-order chi connectivity index (χ1) is 12.6. The third-order valence-electron chi connectivity index (χ3n) is 6.51. The number of halogens is 2. The quantitative estimate of drug-likeness (QED) is 0.715. The van der Waals surface area contributed by atoms with E-state index in [0.29, 0.717) is 30.6 Å². The van der Waals surface area contributed by atoms with Gasteiger partial charge in [0.2, 0.25) is 11.8 Å². The van der Waals surface area contributed by atoms with Crippen LogP contribution in [-0.2, 0) is 9.59 Å². The van der Waals surface area contributed by atoms with Crippen LogP contribution in [0, 0.1) is 11.8 Å². The summed E-state index contributed by atoms with van der Waals surface area (Å²) < 4.78 is 0. The number of rotatable bonds is 5. The molecule has 0 aliphatic carbocycles. The van der Waals surface area contributed by atoms with Gasteiger partial charge in [-0.15, -0.1) is 24.8 Å². The van der Waals surface area contributed by atoms with Crippen molar-refractivity contribution in [2.45, 2.75) is 44.9 Å². The summed E-state index contributed by atoms with van der Waals surface area (Å²) in [5.41, 5.74) is 0. The van der Waals surface area contributed by atoms with Gasteiger partial charge in [-0.1, -0.05) is 0 Å². The van der Waals surface area contributed by atoms with E-state index in [0.717, 1.165) is 77.5 Å². The van der Waals surface area contributed by atoms with Gasteiger partial charge in [0.15, 0.2) is 0 Å². The Balaban J connectivity index is 0.00000196. The Morgan fingerprint density at radius 3 is 1.96 bits per heavy atom. The van der Waals surface area contributed by atoms with Gasteiger partial charge in [-0.2, -0.15) is 0 Å². The van der Waals surface area contributed by atoms with Crippen LogP contribution in [0.2, 0.25) is 0 Å². The molecule has 0 unspecified atom stereocenters. The van der Waals surface area contributed by atoms with Crippen LogP contribution in [0.25, 0.3) is 0 Å². The van der Waals surface area contributed by atoms with Gasteiger partial charge in [0.1, 0.15) is 0 Å². The van der Waals surface area contributed by atoms with Crippen molar-refractivity contribution in [3.8, 4) is 0 Å². The molecule has 0 saturated carbocycles. The smallest absolute Gasteiger partial charge is 0.222 e. The summed E-state index contributed by atoms with van der Waals surface area (Å²) in [5, 5.41) is 3.38. The molecule has 0 aromatic rings. The van der Waals surface area contributed by atoms with Gasteiger partial charge in [-0.25, -0.2) is 0 Å². The van der Waals surface area contributed by atoms with Crippen molar-refractivity contribution in [2.75, 3.05) is 59.4 Å². The molecule has 0 spiro atoms. The first-order valence-corrected chi connectivity index (χ1v) is 10.6. The lowest BCUT2D eigenvalue weighted by molar-refractivity contribution is -0.135. The highest BCUT2D eigenvalue weighted by Gasteiger charge is 2.27. The summed E-state index contributed by atoms with van der Waals surface area (Å²) in [7, 11) is 2.11. The fraction of sp³-hybridized carbons (Fsp3) is 0.900. The van der Waals surface area contributed by atoms with Crippen molar-refractivity contribution in [3.63, 3.8) is 0 Å². The van der Waals surface area contributed by atoms with Gasteiger partial charge in [-0.3, -0.25) is 9.59 Å². The standard InChI is InChI=1S/C20H36N4O2.2ClH/c1-22-12-14-24(15-13-22)20(26)16-18-6-10-23(11-7-18)19(25)3-2-17-4-8-21-9-5-17;;/h17-18,21H,2-16H2,1H3;2*1H. The second-order valence-electron chi connectivity index (χ2n) is 8.44. The van der Waals surface area contributed by atoms with Crippen LogP contribution in [0.1, 0.15) is 44.9 Å². The lowest BCUT2D eigenvalue weighted by Gasteiger charge is -2.35. The number of nitrogens with one attached hydrogen (secondary N) is 1. The van der Waals surface area contributed by atoms with Crippen molar-refractivity contribution in [3.05, 3.63) is 0 Å². The lowest BCUT2D eigenvalue weighted by Crippen LogP contribution is -2.48. The number of carbonyl (C=O) groups is 2. The third-order valence-corrected chi connectivity index (χ3v) is 6.51. The minimum Gasteiger partial charge on any atom is -0.343 e. The Labute approximate surface area is 182 Å². The number of hydrogen-bond acceptors (Lipinski definition) is 4. The fourth-order valence-corrected chi connectivity index (χ4v) is 4.47. The minimum atomic E-state index is 0. The molecule has 3 saturated heterocycles. The molecule has 3 heterocycles. The van der Waals surface area contributed by atoms with Crippen molar-refractivity contribution >= 4 is 36.6 Å². The number of amides is 2. The number of likely N-dealkylation sites (N-methyl/N-ethyl adjacent to an activating group) is 1. The molecule has 3 aliphatic rings. The van der Waals surface area contributed by atoms with Gasteiger partial charge in [0.25, 0.3) is 0 Å². The van der Waals surface area contributed by atoms with Gasteiger partial charge in [0.05, 0.1) is 0 Å². The number of piperazine rings is 1. The zero-order valence-corrected chi connectivity index (χ0v) is 18.9. The monoisotopic (exact) mass is 436 g/mol. The topological polar surface area (TPSA) is 55.9 Å². The number of hydrogen-bond donors (Lipinski definition) is 1. The predicted molar refractivity (Wildman–Crippen MR) is 117 cm³/mol. The van der Waals surface area contributed by atoms with Crippen molar-refractivity contribution in [1.29, 1.82) is 0 Å². The van der Waals surface area contributed by atoms with Crippen molar-refractivity contribution < 1.29 is 9.59 Å². The van der Waals surface area contributed by atoms with Crippen LogP contribution in [0.3, 0.4) is 0 Å². The van der Waals surface area contributed by atoms with E-state index in [1.807, 2.05) is 9.80 Å². The Morgan fingerprint density at radius 1 is 0.786 bits per heavy atom. The summed E-state index contributed by atoms with van der Waals surface area (Å²) in [6, 6.07) is 0. The lowest BCUT2D eigenvalue weighted by atomic mass is 9.91. The molecule has 8 heteroatoms. The van der Waals surface area contributed by atoms with E-state index in [2.05, 4.69) is 17.3 Å². The summed E-state index contributed by atoms with van der Waals surface area (Å²) >= 11 is 0. The largest absolute Gasteiger partial charge is 0.343 e. The first-order valence-electron chi connectivity index (χ1n) is 10.6. The molecular formula is C20H38Cl2N4O2. The molecule has 6 nitrogen and oxygen atoms in total. The molecule has 0 aromatic carbocycles. The zero-order valence-electron chi connectivity index (χ0n) is 17.2. The third kappa shape index (κ3) is 7.69. The maximum Gasteiger partial charge on any atom is 0.222 e. The Bertz CT molecular complexity index is 473. The van der Waals surface area contributed by atoms with E-state index in [9.17, 15) is 9.59 Å². The van der Waals surface area contributed by atoms with Gasteiger partial charge >= 0.3 is 0 Å². The molecular weight excluding hydrogens is 399 g/mol. The van der Waals surface area contributed by atoms with E-state index in [-0.39, 0.29) is 24.8 Å². The summed E-state index contributed by atoms with van der Waals surface area (Å²) in [5.74, 6) is 1.82. The maximum absolute atomic E-state index is 12.5. The number of piperidine rings is 2. The fourth-order valence-electron chi connectivity index (χ4n) is 4.47. The Hall–Kier alpha value is -0.560. The van der Waals surface area contributed by atoms with Gasteiger partial charge < -0.3 is 20.0 Å². The highest BCUT2D eigenvalue weighted by atomic mass is 35.5. The predicted octanol–water partition coefficient (Wildman–Crippen LogP) is 2.01. The molecule has 3 aliphatic heterocycles. The molecule has 2 amide bonds. The van der Waals surface area contributed by atoms with Crippen molar-refractivity contribution in [1.82, 2.24) is 20.0 Å². The van der Waals surface area contributed by atoms with Crippen LogP contribution in [-0.4, -0.2) is 85.9 Å². The number of nitrogens with zero attached hydrogens (tertiary/aromatic N) is 3. The van der Waals surface area contributed by atoms with Gasteiger partial charge in [0, 0.05) is 52.1 Å². The summed E-state index contributed by atoms with van der Waals surface area (Å²) in [6.07, 6.45) is 6.81. The van der Waals surface area contributed by atoms with Crippen LogP contribution < -0.4 is 5.32 Å². The average molecular weight is 437 g/mol. The van der Waals surface area contributed by atoms with Crippen LogP contribution in [0.4, 0.5) is 0 Å². The van der Waals surface area contributed by atoms with Crippen molar-refractivity contribution in [2.24, 2.45) is 11.8 Å². The molecule has 1 N–H and O–H groups in total. The molecule has 3 rings (SSSR count). The Morgan fingerprint density at radius 2 is 1.36 bits per heavy atom. The second-order valence-corrected chi connectivity index (χ2v) is 8.44. The molecule has 164 valence electrons. The molecule has 0 atom stereocenters. The highest BCUT2D eigenvalue weighted by Crippen LogP contribution is 2.24.